The molecule has 0 aromatic heterocycles. The molecule has 0 radical (unpaired) electrons. The minimum atomic E-state index is 0.151. The topological polar surface area (TPSA) is 44.5 Å². The van der Waals surface area contributed by atoms with Gasteiger partial charge in [0.1, 0.15) is 11.5 Å². The van der Waals surface area contributed by atoms with Gasteiger partial charge in [-0.15, -0.1) is 0 Å². The monoisotopic (exact) mass is 285 g/mol. The normalized spacial score (nSPS) is 20.9. The van der Waals surface area contributed by atoms with E-state index in [1.807, 2.05) is 19.1 Å². The highest BCUT2D eigenvalue weighted by atomic mass is 79.9. The predicted molar refractivity (Wildman–Crippen MR) is 67.0 cm³/mol. The Hall–Kier alpha value is -0.740. The van der Waals surface area contributed by atoms with Gasteiger partial charge in [-0.05, 0) is 47.0 Å². The summed E-state index contributed by atoms with van der Waals surface area (Å²) in [4.78, 5) is 0. The third-order valence-electron chi connectivity index (χ3n) is 3.00. The van der Waals surface area contributed by atoms with Crippen molar-refractivity contribution in [1.29, 1.82) is 0 Å². The Morgan fingerprint density at radius 1 is 1.56 bits per heavy atom. The largest absolute Gasteiger partial charge is 0.497 e. The molecule has 0 aliphatic carbocycles. The molecule has 0 bridgehead atoms. The van der Waals surface area contributed by atoms with Crippen molar-refractivity contribution in [3.05, 3.63) is 22.2 Å². The Labute approximate surface area is 104 Å². The van der Waals surface area contributed by atoms with Gasteiger partial charge in [-0.25, -0.2) is 0 Å². The first-order chi connectivity index (χ1) is 7.61. The summed E-state index contributed by atoms with van der Waals surface area (Å²) in [6, 6.07) is 4.10. The van der Waals surface area contributed by atoms with E-state index >= 15 is 0 Å². The van der Waals surface area contributed by atoms with E-state index in [0.717, 1.165) is 22.4 Å². The highest BCUT2D eigenvalue weighted by Gasteiger charge is 2.24. The number of rotatable bonds is 2. The van der Waals surface area contributed by atoms with Crippen molar-refractivity contribution < 1.29 is 9.47 Å². The number of benzene rings is 1. The molecule has 1 aliphatic heterocycles. The smallest absolute Gasteiger partial charge is 0.136 e. The van der Waals surface area contributed by atoms with Crippen LogP contribution in [0.25, 0.3) is 0 Å². The van der Waals surface area contributed by atoms with E-state index in [4.69, 9.17) is 15.2 Å². The zero-order chi connectivity index (χ0) is 11.7. The van der Waals surface area contributed by atoms with Crippen LogP contribution in [-0.4, -0.2) is 19.8 Å². The molecule has 3 nitrogen and oxygen atoms in total. The van der Waals surface area contributed by atoms with E-state index in [-0.39, 0.29) is 6.04 Å². The van der Waals surface area contributed by atoms with Crippen molar-refractivity contribution >= 4 is 15.9 Å². The molecule has 16 heavy (non-hydrogen) atoms. The molecule has 0 saturated heterocycles. The van der Waals surface area contributed by atoms with Crippen molar-refractivity contribution in [2.75, 3.05) is 13.7 Å². The molecule has 88 valence electrons. The zero-order valence-electron chi connectivity index (χ0n) is 9.50. The molecule has 1 unspecified atom stereocenters. The summed E-state index contributed by atoms with van der Waals surface area (Å²) in [6.45, 7) is 2.71. The Morgan fingerprint density at radius 2 is 2.31 bits per heavy atom. The number of fused-ring (bicyclic) bond motifs is 1. The Morgan fingerprint density at radius 3 is 2.94 bits per heavy atom. The second kappa shape index (κ2) is 4.63. The Bertz CT molecular complexity index is 393. The molecule has 1 aromatic carbocycles. The van der Waals surface area contributed by atoms with Gasteiger partial charge in [-0.1, -0.05) is 0 Å². The molecular weight excluding hydrogens is 270 g/mol. The number of halogens is 1. The first-order valence-electron chi connectivity index (χ1n) is 5.36. The average Bonchev–Trinajstić information content (AvgIpc) is 2.28. The van der Waals surface area contributed by atoms with E-state index in [0.29, 0.717) is 12.5 Å². The van der Waals surface area contributed by atoms with Gasteiger partial charge in [0.05, 0.1) is 18.2 Å². The van der Waals surface area contributed by atoms with E-state index in [2.05, 4.69) is 15.9 Å². The van der Waals surface area contributed by atoms with Gasteiger partial charge in [0.25, 0.3) is 0 Å². The molecule has 1 aliphatic rings. The number of hydrogen-bond acceptors (Lipinski definition) is 3. The highest BCUT2D eigenvalue weighted by Crippen LogP contribution is 2.38. The van der Waals surface area contributed by atoms with Crippen LogP contribution in [0.1, 0.15) is 12.5 Å². The molecule has 0 amide bonds. The average molecular weight is 286 g/mol. The summed E-state index contributed by atoms with van der Waals surface area (Å²) >= 11 is 3.49. The van der Waals surface area contributed by atoms with Crippen LogP contribution in [0, 0.1) is 5.92 Å². The number of nitrogens with two attached hydrogens (primary N) is 1. The lowest BCUT2D eigenvalue weighted by Gasteiger charge is -2.28. The molecule has 1 aromatic rings. The lowest BCUT2D eigenvalue weighted by molar-refractivity contribution is 0.202. The third kappa shape index (κ3) is 2.18. The van der Waals surface area contributed by atoms with Crippen LogP contribution in [0.3, 0.4) is 0 Å². The Kier molecular flexibility index (Phi) is 3.40. The molecule has 4 heteroatoms. The van der Waals surface area contributed by atoms with Crippen LogP contribution in [0.15, 0.2) is 16.6 Å². The molecule has 1 heterocycles. The lowest BCUT2D eigenvalue weighted by Crippen LogP contribution is -2.35. The van der Waals surface area contributed by atoms with E-state index in [1.54, 1.807) is 7.11 Å². The highest BCUT2D eigenvalue weighted by molar-refractivity contribution is 9.10. The second-order valence-electron chi connectivity index (χ2n) is 4.23. The summed E-state index contributed by atoms with van der Waals surface area (Å²) in [5.41, 5.74) is 7.08. The van der Waals surface area contributed by atoms with Gasteiger partial charge in [0.15, 0.2) is 0 Å². The fourth-order valence-corrected chi connectivity index (χ4v) is 2.52. The first-order valence-corrected chi connectivity index (χ1v) is 6.16. The van der Waals surface area contributed by atoms with Crippen LogP contribution in [-0.2, 0) is 6.42 Å². The van der Waals surface area contributed by atoms with Crippen LogP contribution in [0.4, 0.5) is 0 Å². The molecule has 0 saturated carbocycles. The van der Waals surface area contributed by atoms with E-state index < -0.39 is 0 Å². The van der Waals surface area contributed by atoms with E-state index in [9.17, 15) is 0 Å². The van der Waals surface area contributed by atoms with Crippen molar-refractivity contribution in [3.8, 4) is 11.5 Å². The van der Waals surface area contributed by atoms with Crippen LogP contribution >= 0.6 is 15.9 Å². The molecule has 2 atom stereocenters. The quantitative estimate of drug-likeness (QED) is 0.907. The molecule has 0 fully saturated rings. The van der Waals surface area contributed by atoms with Crippen LogP contribution < -0.4 is 15.2 Å². The van der Waals surface area contributed by atoms with Gasteiger partial charge in [0.2, 0.25) is 0 Å². The summed E-state index contributed by atoms with van der Waals surface area (Å²) in [5.74, 6) is 2.16. The van der Waals surface area contributed by atoms with E-state index in [1.165, 1.54) is 5.56 Å². The standard InChI is InChI=1S/C12H16BrNO2/c1-7(14)9-3-8-4-10(15-2)5-11(13)12(8)16-6-9/h4-5,7,9H,3,6,14H2,1-2H3/t7-,9?/m1/s1. The number of ether oxygens (including phenoxy) is 2. The minimum absolute atomic E-state index is 0.151. The lowest BCUT2D eigenvalue weighted by atomic mass is 9.92. The first kappa shape index (κ1) is 11.7. The van der Waals surface area contributed by atoms with Gasteiger partial charge in [0, 0.05) is 12.0 Å². The molecular formula is C12H16BrNO2. The summed E-state index contributed by atoms with van der Waals surface area (Å²) in [5, 5.41) is 0. The maximum absolute atomic E-state index is 5.91. The van der Waals surface area contributed by atoms with Gasteiger partial charge in [-0.3, -0.25) is 0 Å². The van der Waals surface area contributed by atoms with Gasteiger partial charge in [-0.2, -0.15) is 0 Å². The fourth-order valence-electron chi connectivity index (χ4n) is 1.92. The van der Waals surface area contributed by atoms with Gasteiger partial charge < -0.3 is 15.2 Å². The molecule has 0 spiro atoms. The maximum Gasteiger partial charge on any atom is 0.136 e. The fraction of sp³-hybridized carbons (Fsp3) is 0.500. The second-order valence-corrected chi connectivity index (χ2v) is 5.09. The number of hydrogen-bond donors (Lipinski definition) is 1. The maximum atomic E-state index is 5.91. The van der Waals surface area contributed by atoms with Crippen LogP contribution in [0.5, 0.6) is 11.5 Å². The summed E-state index contributed by atoms with van der Waals surface area (Å²) < 4.78 is 11.9. The van der Waals surface area contributed by atoms with Crippen molar-refractivity contribution in [2.45, 2.75) is 19.4 Å². The zero-order valence-corrected chi connectivity index (χ0v) is 11.1. The number of methoxy groups -OCH3 is 1. The SMILES string of the molecule is COc1cc(Br)c2c(c1)CC([C@@H](C)N)CO2. The van der Waals surface area contributed by atoms with Crippen molar-refractivity contribution in [2.24, 2.45) is 11.7 Å². The van der Waals surface area contributed by atoms with Crippen molar-refractivity contribution in [3.63, 3.8) is 0 Å². The summed E-state index contributed by atoms with van der Waals surface area (Å²) in [7, 11) is 1.67. The predicted octanol–water partition coefficient (Wildman–Crippen LogP) is 2.36. The van der Waals surface area contributed by atoms with Crippen LogP contribution in [0.2, 0.25) is 0 Å². The minimum Gasteiger partial charge on any atom is -0.497 e. The molecule has 2 N–H and O–H groups in total. The van der Waals surface area contributed by atoms with Gasteiger partial charge >= 0.3 is 0 Å². The third-order valence-corrected chi connectivity index (χ3v) is 3.59. The molecule has 2 rings (SSSR count). The summed E-state index contributed by atoms with van der Waals surface area (Å²) in [6.07, 6.45) is 0.947. The Balaban J connectivity index is 2.33. The van der Waals surface area contributed by atoms with Crippen molar-refractivity contribution in [1.82, 2.24) is 0 Å².